The summed E-state index contributed by atoms with van der Waals surface area (Å²) in [7, 11) is 0. The molecule has 0 aliphatic heterocycles. The second-order valence-electron chi connectivity index (χ2n) is 9.78. The van der Waals surface area contributed by atoms with E-state index in [1.54, 1.807) is 5.57 Å². The van der Waals surface area contributed by atoms with E-state index in [4.69, 9.17) is 0 Å². The largest absolute Gasteiger partial charge is 0.0707 e. The van der Waals surface area contributed by atoms with Crippen molar-refractivity contribution < 1.29 is 0 Å². The van der Waals surface area contributed by atoms with E-state index in [-0.39, 0.29) is 0 Å². The molecule has 0 heteroatoms. The first-order chi connectivity index (χ1) is 10.9. The molecule has 0 aromatic carbocycles. The fourth-order valence-electron chi connectivity index (χ4n) is 6.32. The molecule has 0 heterocycles. The predicted octanol–water partition coefficient (Wildman–Crippen LogP) is 7.10. The van der Waals surface area contributed by atoms with Crippen LogP contribution < -0.4 is 0 Å². The van der Waals surface area contributed by atoms with Gasteiger partial charge in [-0.05, 0) is 86.4 Å². The molecule has 3 rings (SSSR count). The molecule has 0 aromatic heterocycles. The first-order valence-corrected chi connectivity index (χ1v) is 10.6. The SMILES string of the molecule is C/C(=C1/CCC1C)[C@H](C)[C@@H](C1CC(C)C1)[C@@H]1CCCC(C)C1C. The van der Waals surface area contributed by atoms with Crippen molar-refractivity contribution in [1.82, 2.24) is 0 Å². The van der Waals surface area contributed by atoms with Crippen molar-refractivity contribution in [2.24, 2.45) is 47.3 Å². The molecule has 6 atom stereocenters. The van der Waals surface area contributed by atoms with Crippen LogP contribution in [0.2, 0.25) is 0 Å². The summed E-state index contributed by atoms with van der Waals surface area (Å²) in [5, 5.41) is 0. The first kappa shape index (κ1) is 17.6. The van der Waals surface area contributed by atoms with Crippen LogP contribution in [0.4, 0.5) is 0 Å². The van der Waals surface area contributed by atoms with Gasteiger partial charge in [-0.25, -0.2) is 0 Å². The Morgan fingerprint density at radius 1 is 1.00 bits per heavy atom. The van der Waals surface area contributed by atoms with Gasteiger partial charge in [-0.3, -0.25) is 0 Å². The Balaban J connectivity index is 1.82. The molecule has 0 aromatic rings. The van der Waals surface area contributed by atoms with E-state index in [2.05, 4.69) is 41.5 Å². The summed E-state index contributed by atoms with van der Waals surface area (Å²) in [5.74, 6) is 7.52. The highest BCUT2D eigenvalue weighted by Crippen LogP contribution is 2.53. The third kappa shape index (κ3) is 3.29. The monoisotopic (exact) mass is 316 g/mol. The molecule has 0 N–H and O–H groups in total. The Bertz CT molecular complexity index is 439. The lowest BCUT2D eigenvalue weighted by Crippen LogP contribution is -2.42. The fourth-order valence-corrected chi connectivity index (χ4v) is 6.32. The molecule has 0 saturated heterocycles. The molecular formula is C23H40. The molecule has 132 valence electrons. The van der Waals surface area contributed by atoms with Gasteiger partial charge in [0.1, 0.15) is 0 Å². The van der Waals surface area contributed by atoms with Gasteiger partial charge in [-0.1, -0.05) is 58.6 Å². The maximum absolute atomic E-state index is 2.59. The zero-order chi connectivity index (χ0) is 16.7. The molecule has 3 aliphatic rings. The Hall–Kier alpha value is -0.260. The molecular weight excluding hydrogens is 276 g/mol. The Kier molecular flexibility index (Phi) is 5.29. The van der Waals surface area contributed by atoms with Crippen LogP contribution in [0.1, 0.15) is 86.5 Å². The number of allylic oxidation sites excluding steroid dienone is 2. The lowest BCUT2D eigenvalue weighted by molar-refractivity contribution is 0.0109. The lowest BCUT2D eigenvalue weighted by Gasteiger charge is -2.50. The highest BCUT2D eigenvalue weighted by Gasteiger charge is 2.44. The van der Waals surface area contributed by atoms with Crippen molar-refractivity contribution in [2.45, 2.75) is 86.5 Å². The van der Waals surface area contributed by atoms with E-state index in [1.807, 2.05) is 5.57 Å². The van der Waals surface area contributed by atoms with Gasteiger partial charge in [0.15, 0.2) is 0 Å². The van der Waals surface area contributed by atoms with Crippen molar-refractivity contribution >= 4 is 0 Å². The average Bonchev–Trinajstić information content (AvgIpc) is 2.48. The van der Waals surface area contributed by atoms with Gasteiger partial charge in [0, 0.05) is 0 Å². The zero-order valence-corrected chi connectivity index (χ0v) is 16.6. The third-order valence-corrected chi connectivity index (χ3v) is 8.43. The molecule has 23 heavy (non-hydrogen) atoms. The minimum Gasteiger partial charge on any atom is -0.0707 e. The fraction of sp³-hybridized carbons (Fsp3) is 0.913. The van der Waals surface area contributed by atoms with Gasteiger partial charge in [0.25, 0.3) is 0 Å². The molecule has 0 amide bonds. The van der Waals surface area contributed by atoms with Crippen molar-refractivity contribution in [3.8, 4) is 0 Å². The second kappa shape index (κ2) is 6.93. The van der Waals surface area contributed by atoms with Crippen LogP contribution in [0.25, 0.3) is 0 Å². The smallest absolute Gasteiger partial charge is 0.0198 e. The van der Waals surface area contributed by atoms with Crippen molar-refractivity contribution in [3.05, 3.63) is 11.1 Å². The Morgan fingerprint density at radius 3 is 2.22 bits per heavy atom. The molecule has 0 nitrogen and oxygen atoms in total. The number of hydrogen-bond donors (Lipinski definition) is 0. The average molecular weight is 317 g/mol. The zero-order valence-electron chi connectivity index (χ0n) is 16.6. The summed E-state index contributed by atoms with van der Waals surface area (Å²) in [6.07, 6.45) is 10.3. The van der Waals surface area contributed by atoms with E-state index in [9.17, 15) is 0 Å². The summed E-state index contributed by atoms with van der Waals surface area (Å²) in [5.41, 5.74) is 3.62. The Labute approximate surface area is 145 Å². The van der Waals surface area contributed by atoms with E-state index in [0.29, 0.717) is 0 Å². The van der Waals surface area contributed by atoms with E-state index in [1.165, 1.54) is 44.9 Å². The third-order valence-electron chi connectivity index (χ3n) is 8.43. The van der Waals surface area contributed by atoms with Gasteiger partial charge in [0.2, 0.25) is 0 Å². The van der Waals surface area contributed by atoms with Crippen LogP contribution in [0.3, 0.4) is 0 Å². The predicted molar refractivity (Wildman–Crippen MR) is 101 cm³/mol. The van der Waals surface area contributed by atoms with Crippen LogP contribution in [-0.2, 0) is 0 Å². The normalized spacial score (nSPS) is 45.7. The summed E-state index contributed by atoms with van der Waals surface area (Å²) in [4.78, 5) is 0. The van der Waals surface area contributed by atoms with Crippen LogP contribution in [0.5, 0.6) is 0 Å². The maximum atomic E-state index is 2.59. The standard InChI is InChI=1S/C23H40/c1-14-12-20(13-14)23(22-9-7-8-15(2)17(22)4)19(6)18(5)21-11-10-16(21)3/h14-17,19-20,22-23H,7-13H2,1-6H3/b21-18+/t14?,15?,16?,17?,19-,20?,22+,23-/m0/s1. The van der Waals surface area contributed by atoms with Crippen molar-refractivity contribution in [2.75, 3.05) is 0 Å². The van der Waals surface area contributed by atoms with Crippen LogP contribution in [0.15, 0.2) is 11.1 Å². The van der Waals surface area contributed by atoms with Crippen molar-refractivity contribution in [3.63, 3.8) is 0 Å². The molecule has 0 radical (unpaired) electrons. The highest BCUT2D eigenvalue weighted by atomic mass is 14.5. The molecule has 3 unspecified atom stereocenters. The maximum Gasteiger partial charge on any atom is -0.0198 e. The lowest BCUT2D eigenvalue weighted by atomic mass is 9.55. The molecule has 0 spiro atoms. The first-order valence-electron chi connectivity index (χ1n) is 10.6. The van der Waals surface area contributed by atoms with Gasteiger partial charge in [-0.15, -0.1) is 0 Å². The molecule has 3 fully saturated rings. The minimum atomic E-state index is 0.822. The van der Waals surface area contributed by atoms with Crippen LogP contribution in [-0.4, -0.2) is 0 Å². The molecule has 0 bridgehead atoms. The topological polar surface area (TPSA) is 0 Å². The van der Waals surface area contributed by atoms with E-state index in [0.717, 1.165) is 47.3 Å². The summed E-state index contributed by atoms with van der Waals surface area (Å²) < 4.78 is 0. The molecule has 3 saturated carbocycles. The Morgan fingerprint density at radius 2 is 1.70 bits per heavy atom. The molecule has 3 aliphatic carbocycles. The number of rotatable bonds is 4. The van der Waals surface area contributed by atoms with Crippen LogP contribution in [0, 0.1) is 47.3 Å². The van der Waals surface area contributed by atoms with E-state index >= 15 is 0 Å². The van der Waals surface area contributed by atoms with Gasteiger partial charge in [-0.2, -0.15) is 0 Å². The van der Waals surface area contributed by atoms with E-state index < -0.39 is 0 Å². The summed E-state index contributed by atoms with van der Waals surface area (Å²) in [6, 6.07) is 0. The van der Waals surface area contributed by atoms with Crippen LogP contribution >= 0.6 is 0 Å². The second-order valence-corrected chi connectivity index (χ2v) is 9.78. The summed E-state index contributed by atoms with van der Waals surface area (Å²) in [6.45, 7) is 15.1. The van der Waals surface area contributed by atoms with Gasteiger partial charge in [0.05, 0.1) is 0 Å². The van der Waals surface area contributed by atoms with Gasteiger partial charge >= 0.3 is 0 Å². The number of hydrogen-bond acceptors (Lipinski definition) is 0. The quantitative estimate of drug-likeness (QED) is 0.485. The minimum absolute atomic E-state index is 0.822. The summed E-state index contributed by atoms with van der Waals surface area (Å²) >= 11 is 0. The highest BCUT2D eigenvalue weighted by molar-refractivity contribution is 5.24. The van der Waals surface area contributed by atoms with Gasteiger partial charge < -0.3 is 0 Å². The van der Waals surface area contributed by atoms with Crippen molar-refractivity contribution in [1.29, 1.82) is 0 Å².